The highest BCUT2D eigenvalue weighted by Gasteiger charge is 2.39. The van der Waals surface area contributed by atoms with Crippen LogP contribution in [0.15, 0.2) is 30.4 Å². The van der Waals surface area contributed by atoms with E-state index in [0.717, 1.165) is 19.5 Å². The summed E-state index contributed by atoms with van der Waals surface area (Å²) >= 11 is 0. The molecule has 104 valence electrons. The fourth-order valence-electron chi connectivity index (χ4n) is 3.86. The van der Waals surface area contributed by atoms with Crippen molar-refractivity contribution in [3.8, 4) is 0 Å². The Morgan fingerprint density at radius 1 is 1.20 bits per heavy atom. The minimum Gasteiger partial charge on any atom is -0.352 e. The van der Waals surface area contributed by atoms with Gasteiger partial charge in [0.15, 0.2) is 0 Å². The van der Waals surface area contributed by atoms with Gasteiger partial charge in [0.05, 0.1) is 0 Å². The van der Waals surface area contributed by atoms with Crippen LogP contribution < -0.4 is 10.6 Å². The van der Waals surface area contributed by atoms with Gasteiger partial charge in [0.2, 0.25) is 5.91 Å². The molecule has 3 nitrogen and oxygen atoms in total. The van der Waals surface area contributed by atoms with Crippen molar-refractivity contribution in [3.05, 3.63) is 47.0 Å². The molecule has 4 rings (SSSR count). The van der Waals surface area contributed by atoms with Crippen molar-refractivity contribution in [2.24, 2.45) is 17.8 Å². The minimum absolute atomic E-state index is 0.209. The highest BCUT2D eigenvalue weighted by Crippen LogP contribution is 2.43. The Balaban J connectivity index is 1.38. The first-order valence-electron chi connectivity index (χ1n) is 7.57. The number of amides is 1. The molecule has 20 heavy (non-hydrogen) atoms. The van der Waals surface area contributed by atoms with Crippen LogP contribution in [-0.4, -0.2) is 5.91 Å². The van der Waals surface area contributed by atoms with Gasteiger partial charge in [0.25, 0.3) is 0 Å². The molecule has 1 saturated carbocycles. The predicted octanol–water partition coefficient (Wildman–Crippen LogP) is 2.12. The maximum Gasteiger partial charge on any atom is 0.223 e. The highest BCUT2D eigenvalue weighted by atomic mass is 16.1. The van der Waals surface area contributed by atoms with E-state index in [9.17, 15) is 4.79 Å². The quantitative estimate of drug-likeness (QED) is 0.824. The zero-order valence-electron chi connectivity index (χ0n) is 11.6. The van der Waals surface area contributed by atoms with Crippen LogP contribution in [0.3, 0.4) is 0 Å². The van der Waals surface area contributed by atoms with Crippen LogP contribution in [-0.2, 0) is 24.4 Å². The number of fused-ring (bicyclic) bond motifs is 3. The summed E-state index contributed by atoms with van der Waals surface area (Å²) in [4.78, 5) is 12.3. The molecule has 3 unspecified atom stereocenters. The van der Waals surface area contributed by atoms with Crippen molar-refractivity contribution >= 4 is 5.91 Å². The van der Waals surface area contributed by atoms with Gasteiger partial charge >= 0.3 is 0 Å². The van der Waals surface area contributed by atoms with Crippen LogP contribution in [0.1, 0.15) is 29.5 Å². The summed E-state index contributed by atoms with van der Waals surface area (Å²) < 4.78 is 0. The summed E-state index contributed by atoms with van der Waals surface area (Å²) in [7, 11) is 0. The molecule has 1 heterocycles. The van der Waals surface area contributed by atoms with Crippen LogP contribution in [0.25, 0.3) is 0 Å². The van der Waals surface area contributed by atoms with E-state index in [-0.39, 0.29) is 11.8 Å². The molecule has 2 N–H and O–H groups in total. The number of hydrogen-bond donors (Lipinski definition) is 2. The molecule has 1 aromatic carbocycles. The lowest BCUT2D eigenvalue weighted by atomic mass is 9.93. The number of carbonyl (C=O) groups is 1. The molecule has 0 aromatic heterocycles. The molecular weight excluding hydrogens is 248 g/mol. The Bertz CT molecular complexity index is 578. The first kappa shape index (κ1) is 12.2. The molecule has 1 amide bonds. The Labute approximate surface area is 119 Å². The van der Waals surface area contributed by atoms with Crippen LogP contribution in [0.5, 0.6) is 0 Å². The third-order valence-corrected chi connectivity index (χ3v) is 4.98. The number of rotatable bonds is 3. The molecule has 3 heteroatoms. The molecule has 1 aliphatic heterocycles. The van der Waals surface area contributed by atoms with Crippen molar-refractivity contribution in [2.75, 3.05) is 0 Å². The topological polar surface area (TPSA) is 41.1 Å². The standard InChI is InChI=1S/C17H20N2O/c20-17(16-7-11-1-3-13(16)5-11)19-8-12-2-4-14-9-18-10-15(14)6-12/h1-4,6,11,13,16,18H,5,7-10H2,(H,19,20). The van der Waals surface area contributed by atoms with E-state index in [4.69, 9.17) is 0 Å². The van der Waals surface area contributed by atoms with Crippen LogP contribution in [0, 0.1) is 17.8 Å². The third-order valence-electron chi connectivity index (χ3n) is 4.98. The van der Waals surface area contributed by atoms with Gasteiger partial charge in [-0.25, -0.2) is 0 Å². The van der Waals surface area contributed by atoms with E-state index < -0.39 is 0 Å². The lowest BCUT2D eigenvalue weighted by Gasteiger charge is -2.17. The Morgan fingerprint density at radius 2 is 2.10 bits per heavy atom. The SMILES string of the molecule is O=C(NCc1ccc2c(c1)CNC2)C1CC2C=CC1C2. The lowest BCUT2D eigenvalue weighted by molar-refractivity contribution is -0.125. The van der Waals surface area contributed by atoms with Gasteiger partial charge in [-0.3, -0.25) is 4.79 Å². The Kier molecular flexibility index (Phi) is 2.88. The van der Waals surface area contributed by atoms with E-state index in [2.05, 4.69) is 41.0 Å². The summed E-state index contributed by atoms with van der Waals surface area (Å²) in [6.07, 6.45) is 6.74. The molecule has 1 fully saturated rings. The fourth-order valence-corrected chi connectivity index (χ4v) is 3.86. The molecule has 0 radical (unpaired) electrons. The van der Waals surface area contributed by atoms with Crippen molar-refractivity contribution < 1.29 is 4.79 Å². The van der Waals surface area contributed by atoms with Gasteiger partial charge in [0, 0.05) is 25.6 Å². The van der Waals surface area contributed by atoms with E-state index in [1.807, 2.05) is 0 Å². The average molecular weight is 268 g/mol. The van der Waals surface area contributed by atoms with Crippen molar-refractivity contribution in [2.45, 2.75) is 32.5 Å². The first-order valence-corrected chi connectivity index (χ1v) is 7.57. The smallest absolute Gasteiger partial charge is 0.223 e. The lowest BCUT2D eigenvalue weighted by Crippen LogP contribution is -2.32. The van der Waals surface area contributed by atoms with Crippen LogP contribution in [0.2, 0.25) is 0 Å². The zero-order valence-corrected chi connectivity index (χ0v) is 11.6. The van der Waals surface area contributed by atoms with Crippen LogP contribution in [0.4, 0.5) is 0 Å². The van der Waals surface area contributed by atoms with Crippen molar-refractivity contribution in [3.63, 3.8) is 0 Å². The normalized spacial score (nSPS) is 29.7. The molecule has 3 atom stereocenters. The van der Waals surface area contributed by atoms with E-state index in [0.29, 0.717) is 18.4 Å². The Hall–Kier alpha value is -1.61. The zero-order chi connectivity index (χ0) is 13.5. The van der Waals surface area contributed by atoms with Crippen molar-refractivity contribution in [1.29, 1.82) is 0 Å². The molecule has 1 aromatic rings. The van der Waals surface area contributed by atoms with Gasteiger partial charge in [-0.05, 0) is 41.4 Å². The molecule has 3 aliphatic rings. The maximum absolute atomic E-state index is 12.3. The first-order chi connectivity index (χ1) is 9.79. The van der Waals surface area contributed by atoms with Gasteiger partial charge in [-0.1, -0.05) is 30.4 Å². The molecule has 2 bridgehead atoms. The van der Waals surface area contributed by atoms with E-state index >= 15 is 0 Å². The number of carbonyl (C=O) groups excluding carboxylic acids is 1. The molecule has 2 aliphatic carbocycles. The molecular formula is C17H20N2O. The molecule has 0 spiro atoms. The second-order valence-electron chi connectivity index (χ2n) is 6.31. The highest BCUT2D eigenvalue weighted by molar-refractivity contribution is 5.80. The van der Waals surface area contributed by atoms with Gasteiger partial charge in [0.1, 0.15) is 0 Å². The largest absolute Gasteiger partial charge is 0.352 e. The van der Waals surface area contributed by atoms with Crippen molar-refractivity contribution in [1.82, 2.24) is 10.6 Å². The Morgan fingerprint density at radius 3 is 2.90 bits per heavy atom. The van der Waals surface area contributed by atoms with E-state index in [1.165, 1.54) is 23.1 Å². The fraction of sp³-hybridized carbons (Fsp3) is 0.471. The maximum atomic E-state index is 12.3. The summed E-state index contributed by atoms with van der Waals surface area (Å²) in [6, 6.07) is 6.53. The minimum atomic E-state index is 0.209. The van der Waals surface area contributed by atoms with Crippen LogP contribution >= 0.6 is 0 Å². The summed E-state index contributed by atoms with van der Waals surface area (Å²) in [5.74, 6) is 1.59. The number of benzene rings is 1. The second-order valence-corrected chi connectivity index (χ2v) is 6.31. The third kappa shape index (κ3) is 2.06. The number of nitrogens with one attached hydrogen (secondary N) is 2. The van der Waals surface area contributed by atoms with Gasteiger partial charge in [-0.15, -0.1) is 0 Å². The number of hydrogen-bond acceptors (Lipinski definition) is 2. The average Bonchev–Trinajstić information content (AvgIpc) is 3.19. The predicted molar refractivity (Wildman–Crippen MR) is 77.7 cm³/mol. The summed E-state index contributed by atoms with van der Waals surface area (Å²) in [6.45, 7) is 2.58. The molecule has 0 saturated heterocycles. The number of allylic oxidation sites excluding steroid dienone is 2. The monoisotopic (exact) mass is 268 g/mol. The second kappa shape index (κ2) is 4.74. The van der Waals surface area contributed by atoms with Gasteiger partial charge < -0.3 is 10.6 Å². The van der Waals surface area contributed by atoms with E-state index in [1.54, 1.807) is 0 Å². The van der Waals surface area contributed by atoms with Gasteiger partial charge in [-0.2, -0.15) is 0 Å². The summed E-state index contributed by atoms with van der Waals surface area (Å²) in [5, 5.41) is 6.47. The summed E-state index contributed by atoms with van der Waals surface area (Å²) in [5.41, 5.74) is 3.97.